The van der Waals surface area contributed by atoms with E-state index in [4.69, 9.17) is 10.3 Å². The number of carbonyl (C=O) groups is 1. The molecule has 8 heteroatoms. The van der Waals surface area contributed by atoms with E-state index in [0.29, 0.717) is 23.8 Å². The molecule has 8 nitrogen and oxygen atoms in total. The second-order valence-electron chi connectivity index (χ2n) is 6.91. The first kappa shape index (κ1) is 18.1. The number of hydrogen-bond donors (Lipinski definition) is 3. The van der Waals surface area contributed by atoms with Gasteiger partial charge < -0.3 is 20.9 Å². The van der Waals surface area contributed by atoms with Crippen LogP contribution in [0.4, 0.5) is 10.5 Å². The van der Waals surface area contributed by atoms with Crippen molar-refractivity contribution in [3.8, 4) is 0 Å². The Bertz CT molecular complexity index is 956. The molecule has 3 aromatic rings. The zero-order valence-electron chi connectivity index (χ0n) is 15.4. The molecule has 0 saturated heterocycles. The van der Waals surface area contributed by atoms with Crippen LogP contribution in [0.5, 0.6) is 0 Å². The second-order valence-corrected chi connectivity index (χ2v) is 6.91. The van der Waals surface area contributed by atoms with Crippen LogP contribution in [0.25, 0.3) is 0 Å². The Morgan fingerprint density at radius 3 is 3.00 bits per heavy atom. The summed E-state index contributed by atoms with van der Waals surface area (Å²) in [4.78, 5) is 20.9. The first-order valence-corrected chi connectivity index (χ1v) is 9.29. The van der Waals surface area contributed by atoms with Crippen molar-refractivity contribution in [2.45, 2.75) is 38.3 Å². The predicted molar refractivity (Wildman–Crippen MR) is 104 cm³/mol. The molecular weight excluding hydrogens is 356 g/mol. The van der Waals surface area contributed by atoms with Crippen molar-refractivity contribution in [1.29, 1.82) is 0 Å². The van der Waals surface area contributed by atoms with Crippen molar-refractivity contribution in [1.82, 2.24) is 20.4 Å². The van der Waals surface area contributed by atoms with E-state index < -0.39 is 0 Å². The topological polar surface area (TPSA) is 119 Å². The van der Waals surface area contributed by atoms with Crippen molar-refractivity contribution in [2.75, 3.05) is 5.32 Å². The fourth-order valence-electron chi connectivity index (χ4n) is 3.26. The number of nitrogens with zero attached hydrogens (tertiary/aromatic N) is 3. The largest absolute Gasteiger partial charge is 0.337 e. The molecule has 2 amide bonds. The zero-order valence-corrected chi connectivity index (χ0v) is 15.4. The highest BCUT2D eigenvalue weighted by Crippen LogP contribution is 2.21. The smallest absolute Gasteiger partial charge is 0.319 e. The Morgan fingerprint density at radius 2 is 2.14 bits per heavy atom. The molecule has 1 aromatic carbocycles. The number of benzene rings is 1. The molecule has 28 heavy (non-hydrogen) atoms. The van der Waals surface area contributed by atoms with Crippen LogP contribution in [0.15, 0.2) is 47.1 Å². The van der Waals surface area contributed by atoms with Crippen LogP contribution >= 0.6 is 0 Å². The summed E-state index contributed by atoms with van der Waals surface area (Å²) in [6, 6.07) is 11.6. The van der Waals surface area contributed by atoms with Crippen LogP contribution in [0.2, 0.25) is 0 Å². The zero-order chi connectivity index (χ0) is 19.3. The summed E-state index contributed by atoms with van der Waals surface area (Å²) in [5, 5.41) is 9.44. The number of aromatic nitrogens is 3. The SMILES string of the molecule is NC1CCc2ncc(NC(=O)NCc3nc(Cc4ccccc4)no3)cc2C1. The molecule has 1 unspecified atom stereocenters. The number of pyridine rings is 1. The lowest BCUT2D eigenvalue weighted by Crippen LogP contribution is -2.30. The highest BCUT2D eigenvalue weighted by atomic mass is 16.5. The van der Waals surface area contributed by atoms with Gasteiger partial charge in [0.2, 0.25) is 5.89 Å². The summed E-state index contributed by atoms with van der Waals surface area (Å²) >= 11 is 0. The Hall–Kier alpha value is -3.26. The molecule has 2 heterocycles. The maximum absolute atomic E-state index is 12.2. The number of anilines is 1. The summed E-state index contributed by atoms with van der Waals surface area (Å²) in [7, 11) is 0. The summed E-state index contributed by atoms with van der Waals surface area (Å²) in [6.07, 6.45) is 4.86. The molecule has 1 aliphatic rings. The van der Waals surface area contributed by atoms with Gasteiger partial charge in [-0.3, -0.25) is 4.98 Å². The fourth-order valence-corrected chi connectivity index (χ4v) is 3.26. The van der Waals surface area contributed by atoms with Crippen molar-refractivity contribution in [3.05, 3.63) is 71.1 Å². The number of nitrogens with one attached hydrogen (secondary N) is 2. The minimum atomic E-state index is -0.357. The molecule has 0 radical (unpaired) electrons. The molecule has 2 aromatic heterocycles. The predicted octanol–water partition coefficient (Wildman–Crippen LogP) is 2.19. The van der Waals surface area contributed by atoms with Crippen LogP contribution in [0, 0.1) is 0 Å². The van der Waals surface area contributed by atoms with E-state index >= 15 is 0 Å². The normalized spacial score (nSPS) is 15.7. The number of amides is 2. The van der Waals surface area contributed by atoms with E-state index in [-0.39, 0.29) is 18.6 Å². The van der Waals surface area contributed by atoms with Gasteiger partial charge in [0.05, 0.1) is 18.4 Å². The molecule has 4 N–H and O–H groups in total. The van der Waals surface area contributed by atoms with Gasteiger partial charge in [-0.15, -0.1) is 0 Å². The third-order valence-electron chi connectivity index (χ3n) is 4.67. The van der Waals surface area contributed by atoms with Crippen LogP contribution in [-0.2, 0) is 25.8 Å². The van der Waals surface area contributed by atoms with Gasteiger partial charge in [0.25, 0.3) is 0 Å². The van der Waals surface area contributed by atoms with Gasteiger partial charge in [-0.2, -0.15) is 4.98 Å². The number of fused-ring (bicyclic) bond motifs is 1. The molecule has 144 valence electrons. The van der Waals surface area contributed by atoms with Gasteiger partial charge in [-0.1, -0.05) is 35.5 Å². The van der Waals surface area contributed by atoms with Crippen LogP contribution in [0.3, 0.4) is 0 Å². The third kappa shape index (κ3) is 4.52. The molecule has 0 aliphatic heterocycles. The number of aryl methyl sites for hydroxylation is 1. The average molecular weight is 378 g/mol. The second kappa shape index (κ2) is 8.18. The van der Waals surface area contributed by atoms with E-state index in [9.17, 15) is 4.79 Å². The minimum absolute atomic E-state index is 0.150. The molecule has 0 fully saturated rings. The van der Waals surface area contributed by atoms with E-state index in [1.807, 2.05) is 36.4 Å². The van der Waals surface area contributed by atoms with Crippen molar-refractivity contribution in [3.63, 3.8) is 0 Å². The summed E-state index contributed by atoms with van der Waals surface area (Å²) in [5.41, 5.74) is 9.91. The molecule has 4 rings (SSSR count). The van der Waals surface area contributed by atoms with Gasteiger partial charge in [-0.25, -0.2) is 4.79 Å². The van der Waals surface area contributed by atoms with E-state index in [1.165, 1.54) is 0 Å². The van der Waals surface area contributed by atoms with Crippen molar-refractivity contribution < 1.29 is 9.32 Å². The van der Waals surface area contributed by atoms with Gasteiger partial charge >= 0.3 is 6.03 Å². The lowest BCUT2D eigenvalue weighted by Gasteiger charge is -2.21. The number of rotatable bonds is 5. The number of hydrogen-bond acceptors (Lipinski definition) is 6. The Morgan fingerprint density at radius 1 is 1.29 bits per heavy atom. The minimum Gasteiger partial charge on any atom is -0.337 e. The summed E-state index contributed by atoms with van der Waals surface area (Å²) in [5.74, 6) is 0.939. The lowest BCUT2D eigenvalue weighted by atomic mass is 9.92. The molecule has 1 aliphatic carbocycles. The lowest BCUT2D eigenvalue weighted by molar-refractivity contribution is 0.249. The van der Waals surface area contributed by atoms with Gasteiger partial charge in [0.15, 0.2) is 5.82 Å². The summed E-state index contributed by atoms with van der Waals surface area (Å²) in [6.45, 7) is 0.150. The van der Waals surface area contributed by atoms with E-state index in [1.54, 1.807) is 6.20 Å². The molecular formula is C20H22N6O2. The van der Waals surface area contributed by atoms with Gasteiger partial charge in [0, 0.05) is 18.2 Å². The van der Waals surface area contributed by atoms with Crippen LogP contribution in [0.1, 0.15) is 35.0 Å². The van der Waals surface area contributed by atoms with Gasteiger partial charge in [0.1, 0.15) is 0 Å². The van der Waals surface area contributed by atoms with Crippen molar-refractivity contribution in [2.24, 2.45) is 5.73 Å². The number of urea groups is 1. The Labute approximate surface area is 162 Å². The number of carbonyl (C=O) groups excluding carboxylic acids is 1. The highest BCUT2D eigenvalue weighted by molar-refractivity contribution is 5.89. The van der Waals surface area contributed by atoms with Gasteiger partial charge in [-0.05, 0) is 36.5 Å². The first-order valence-electron chi connectivity index (χ1n) is 9.29. The third-order valence-corrected chi connectivity index (χ3v) is 4.67. The molecule has 0 bridgehead atoms. The van der Waals surface area contributed by atoms with E-state index in [0.717, 1.165) is 36.1 Å². The molecule has 1 atom stereocenters. The quantitative estimate of drug-likeness (QED) is 0.626. The monoisotopic (exact) mass is 378 g/mol. The first-order chi connectivity index (χ1) is 13.7. The molecule has 0 saturated carbocycles. The highest BCUT2D eigenvalue weighted by Gasteiger charge is 2.17. The van der Waals surface area contributed by atoms with Crippen LogP contribution in [-0.4, -0.2) is 27.2 Å². The Balaban J connectivity index is 1.30. The summed E-state index contributed by atoms with van der Waals surface area (Å²) < 4.78 is 5.19. The standard InChI is InChI=1S/C20H22N6O2/c21-15-6-7-17-14(9-15)10-16(11-22-17)24-20(27)23-12-19-25-18(26-28-19)8-13-4-2-1-3-5-13/h1-5,10-11,15H,6-9,12,21H2,(H2,23,24,27). The van der Waals surface area contributed by atoms with Crippen LogP contribution < -0.4 is 16.4 Å². The van der Waals surface area contributed by atoms with Crippen molar-refractivity contribution >= 4 is 11.7 Å². The molecule has 0 spiro atoms. The maximum Gasteiger partial charge on any atom is 0.319 e. The average Bonchev–Trinajstić information content (AvgIpc) is 3.14. The fraction of sp³-hybridized carbons (Fsp3) is 0.300. The Kier molecular flexibility index (Phi) is 5.29. The maximum atomic E-state index is 12.2. The number of nitrogens with two attached hydrogens (primary N) is 1. The van der Waals surface area contributed by atoms with E-state index in [2.05, 4.69) is 25.8 Å².